The molecule has 1 aromatic carbocycles. The fraction of sp³-hybridized carbons (Fsp3) is 0.615. The lowest BCUT2D eigenvalue weighted by Gasteiger charge is -2.39. The highest BCUT2D eigenvalue weighted by Gasteiger charge is 2.40. The molecule has 1 aromatic rings. The predicted octanol–water partition coefficient (Wildman–Crippen LogP) is 3.44. The maximum absolute atomic E-state index is 15.6. The van der Waals surface area contributed by atoms with Gasteiger partial charge in [-0.15, -0.1) is 0 Å². The highest BCUT2D eigenvalue weighted by Crippen LogP contribution is 2.33. The quantitative estimate of drug-likeness (QED) is 0.690. The van der Waals surface area contributed by atoms with Gasteiger partial charge < -0.3 is 20.3 Å². The van der Waals surface area contributed by atoms with Gasteiger partial charge in [0, 0.05) is 41.9 Å². The largest absolute Gasteiger partial charge is 0.376 e. The average molecular weight is 456 g/mol. The van der Waals surface area contributed by atoms with Gasteiger partial charge in [-0.3, -0.25) is 9.59 Å². The third-order valence-corrected chi connectivity index (χ3v) is 8.04. The van der Waals surface area contributed by atoms with E-state index in [-0.39, 0.29) is 36.3 Å². The second-order valence-corrected chi connectivity index (χ2v) is 10.2. The molecule has 4 aliphatic rings. The van der Waals surface area contributed by atoms with Crippen molar-refractivity contribution in [2.75, 3.05) is 6.61 Å². The summed E-state index contributed by atoms with van der Waals surface area (Å²) in [5.41, 5.74) is 2.01. The van der Waals surface area contributed by atoms with E-state index in [0.717, 1.165) is 18.8 Å². The summed E-state index contributed by atoms with van der Waals surface area (Å²) in [5, 5.41) is 6.49. The zero-order valence-electron chi connectivity index (χ0n) is 19.4. The van der Waals surface area contributed by atoms with Gasteiger partial charge in [-0.2, -0.15) is 0 Å². The summed E-state index contributed by atoms with van der Waals surface area (Å²) in [5.74, 6) is -0.108. The van der Waals surface area contributed by atoms with Crippen LogP contribution in [0.5, 0.6) is 0 Å². The summed E-state index contributed by atoms with van der Waals surface area (Å²) in [6.45, 7) is 6.87. The molecular weight excluding hydrogens is 421 g/mol. The van der Waals surface area contributed by atoms with Crippen LogP contribution in [0.15, 0.2) is 24.4 Å². The number of amides is 2. The van der Waals surface area contributed by atoms with Crippen LogP contribution in [0, 0.1) is 11.7 Å². The molecular formula is C26H34FN3O3. The molecule has 0 radical (unpaired) electrons. The van der Waals surface area contributed by atoms with Crippen molar-refractivity contribution in [3.05, 3.63) is 46.9 Å². The van der Waals surface area contributed by atoms with Crippen molar-refractivity contribution in [1.29, 1.82) is 0 Å². The summed E-state index contributed by atoms with van der Waals surface area (Å²) < 4.78 is 21.7. The van der Waals surface area contributed by atoms with Gasteiger partial charge >= 0.3 is 0 Å². The second kappa shape index (κ2) is 9.18. The number of halogens is 1. The molecule has 0 spiro atoms. The van der Waals surface area contributed by atoms with Crippen molar-refractivity contribution in [2.45, 2.75) is 89.1 Å². The Bertz CT molecular complexity index is 960. The fourth-order valence-electron chi connectivity index (χ4n) is 5.75. The van der Waals surface area contributed by atoms with Crippen molar-refractivity contribution < 1.29 is 18.7 Å². The van der Waals surface area contributed by atoms with Crippen LogP contribution in [0.3, 0.4) is 0 Å². The minimum Gasteiger partial charge on any atom is -0.376 e. The Kier molecular flexibility index (Phi) is 6.27. The molecule has 0 aromatic heterocycles. The number of allylic oxidation sites excluding steroid dienone is 1. The molecule has 3 aliphatic heterocycles. The highest BCUT2D eigenvalue weighted by atomic mass is 19.1. The van der Waals surface area contributed by atoms with Gasteiger partial charge in [-0.25, -0.2) is 4.39 Å². The van der Waals surface area contributed by atoms with Crippen LogP contribution in [0.1, 0.15) is 73.4 Å². The van der Waals surface area contributed by atoms with Crippen LogP contribution in [0.4, 0.5) is 4.39 Å². The maximum atomic E-state index is 15.6. The Morgan fingerprint density at radius 1 is 1.24 bits per heavy atom. The van der Waals surface area contributed by atoms with E-state index >= 15 is 4.39 Å². The third kappa shape index (κ3) is 4.33. The Balaban J connectivity index is 1.30. The number of carbonyl (C=O) groups is 2. The smallest absolute Gasteiger partial charge is 0.255 e. The molecule has 5 rings (SSSR count). The van der Waals surface area contributed by atoms with E-state index in [9.17, 15) is 9.59 Å². The van der Waals surface area contributed by atoms with Gasteiger partial charge in [-0.05, 0) is 63.0 Å². The highest BCUT2D eigenvalue weighted by molar-refractivity contribution is 6.01. The lowest BCUT2D eigenvalue weighted by molar-refractivity contribution is -0.126. The van der Waals surface area contributed by atoms with E-state index in [1.165, 1.54) is 24.2 Å². The number of piperidine rings is 1. The van der Waals surface area contributed by atoms with Gasteiger partial charge in [-0.1, -0.05) is 19.1 Å². The minimum atomic E-state index is -0.582. The van der Waals surface area contributed by atoms with Crippen LogP contribution in [-0.2, 0) is 22.5 Å². The monoisotopic (exact) mass is 455 g/mol. The normalized spacial score (nSPS) is 29.0. The second-order valence-electron chi connectivity index (χ2n) is 10.2. The van der Waals surface area contributed by atoms with Crippen LogP contribution >= 0.6 is 0 Å². The molecule has 2 amide bonds. The first-order chi connectivity index (χ1) is 15.9. The first kappa shape index (κ1) is 22.5. The predicted molar refractivity (Wildman–Crippen MR) is 123 cm³/mol. The fourth-order valence-corrected chi connectivity index (χ4v) is 5.75. The topological polar surface area (TPSA) is 70.7 Å². The molecule has 1 aliphatic carbocycles. The molecule has 33 heavy (non-hydrogen) atoms. The standard InChI is InChI=1S/C26H34FN3O3/c1-15-8-11-22(25(31)28-15)30-14-20-19(26(30)32)10-9-18(24(20)27)13-23-21(7-4-12-33-23)29-16(2)17-5-3-6-17/h9-10,16-17,21-23,29H,1,3-8,11-14H2,2H3,(H,28,31)/t16-,21-,22?,23+/m0/s1. The van der Waals surface area contributed by atoms with Crippen molar-refractivity contribution in [3.63, 3.8) is 0 Å². The third-order valence-electron chi connectivity index (χ3n) is 8.04. The SMILES string of the molecule is C=C1CCC(N2Cc3c(ccc(C[C@H]4OCCC[C@@H]4N[C@@H](C)C4CCC4)c3F)C2=O)C(=O)N1. The van der Waals surface area contributed by atoms with Crippen molar-refractivity contribution >= 4 is 11.8 Å². The Hall–Kier alpha value is -2.25. The van der Waals surface area contributed by atoms with Crippen molar-refractivity contribution in [2.24, 2.45) is 5.92 Å². The molecule has 3 heterocycles. The summed E-state index contributed by atoms with van der Waals surface area (Å²) >= 11 is 0. The zero-order chi connectivity index (χ0) is 23.1. The first-order valence-corrected chi connectivity index (χ1v) is 12.4. The molecule has 2 N–H and O–H groups in total. The van der Waals surface area contributed by atoms with Gasteiger partial charge in [0.05, 0.1) is 12.6 Å². The van der Waals surface area contributed by atoms with E-state index in [1.807, 2.05) is 0 Å². The van der Waals surface area contributed by atoms with Crippen LogP contribution in [0.2, 0.25) is 0 Å². The van der Waals surface area contributed by atoms with E-state index in [4.69, 9.17) is 4.74 Å². The van der Waals surface area contributed by atoms with Crippen LogP contribution in [0.25, 0.3) is 0 Å². The average Bonchev–Trinajstić information content (AvgIpc) is 3.07. The molecule has 3 fully saturated rings. The van der Waals surface area contributed by atoms with E-state index < -0.39 is 6.04 Å². The summed E-state index contributed by atoms with van der Waals surface area (Å²) in [4.78, 5) is 26.9. The molecule has 178 valence electrons. The Labute approximate surface area is 194 Å². The number of nitrogens with zero attached hydrogens (tertiary/aromatic N) is 1. The lowest BCUT2D eigenvalue weighted by Crippen LogP contribution is -2.51. The van der Waals surface area contributed by atoms with Crippen molar-refractivity contribution in [3.8, 4) is 0 Å². The summed E-state index contributed by atoms with van der Waals surface area (Å²) in [7, 11) is 0. The van der Waals surface area contributed by atoms with Crippen molar-refractivity contribution in [1.82, 2.24) is 15.5 Å². The molecule has 6 nitrogen and oxygen atoms in total. The maximum Gasteiger partial charge on any atom is 0.255 e. The molecule has 1 saturated carbocycles. The molecule has 1 unspecified atom stereocenters. The number of hydrogen-bond acceptors (Lipinski definition) is 4. The van der Waals surface area contributed by atoms with Gasteiger partial charge in [0.2, 0.25) is 5.91 Å². The van der Waals surface area contributed by atoms with Gasteiger partial charge in [0.1, 0.15) is 11.9 Å². The van der Waals surface area contributed by atoms with Gasteiger partial charge in [0.15, 0.2) is 0 Å². The van der Waals surface area contributed by atoms with Crippen LogP contribution in [-0.4, -0.2) is 47.6 Å². The number of fused-ring (bicyclic) bond motifs is 1. The van der Waals surface area contributed by atoms with E-state index in [1.54, 1.807) is 12.1 Å². The van der Waals surface area contributed by atoms with Gasteiger partial charge in [0.25, 0.3) is 5.91 Å². The summed E-state index contributed by atoms with van der Waals surface area (Å²) in [6, 6.07) is 3.52. The number of benzene rings is 1. The Morgan fingerprint density at radius 3 is 2.79 bits per heavy atom. The molecule has 2 saturated heterocycles. The van der Waals surface area contributed by atoms with E-state index in [0.29, 0.717) is 54.3 Å². The number of nitrogens with one attached hydrogen (secondary N) is 2. The number of ether oxygens (including phenoxy) is 1. The lowest BCUT2D eigenvalue weighted by atomic mass is 9.79. The van der Waals surface area contributed by atoms with E-state index in [2.05, 4.69) is 24.1 Å². The first-order valence-electron chi connectivity index (χ1n) is 12.4. The number of rotatable bonds is 6. The minimum absolute atomic E-state index is 0.0860. The molecule has 0 bridgehead atoms. The molecule has 4 atom stereocenters. The Morgan fingerprint density at radius 2 is 2.06 bits per heavy atom. The number of carbonyl (C=O) groups excluding carboxylic acids is 2. The summed E-state index contributed by atoms with van der Waals surface area (Å²) in [6.07, 6.45) is 7.45. The molecule has 7 heteroatoms. The van der Waals surface area contributed by atoms with Crippen LogP contribution < -0.4 is 10.6 Å². The number of hydrogen-bond donors (Lipinski definition) is 2. The zero-order valence-corrected chi connectivity index (χ0v) is 19.4.